The second kappa shape index (κ2) is 4.35. The van der Waals surface area contributed by atoms with Gasteiger partial charge >= 0.3 is 96.6 Å². The van der Waals surface area contributed by atoms with Crippen LogP contribution in [-0.2, 0) is 11.2 Å². The quantitative estimate of drug-likeness (QED) is 0.491. The van der Waals surface area contributed by atoms with E-state index in [9.17, 15) is 9.90 Å². The van der Waals surface area contributed by atoms with E-state index < -0.39 is 12.0 Å². The molecule has 1 rings (SSSR count). The van der Waals surface area contributed by atoms with Gasteiger partial charge in [0.15, 0.2) is 0 Å². The molecule has 1 unspecified atom stereocenters. The first-order valence-corrected chi connectivity index (χ1v) is 5.39. The number of likely N-dealkylation sites (N-methyl/N-ethyl adjacent to an activating group) is 1. The molecule has 1 aromatic heterocycles. The van der Waals surface area contributed by atoms with E-state index in [2.05, 4.69) is 26.0 Å². The second-order valence-corrected chi connectivity index (χ2v) is 5.18. The molecule has 1 radical (unpaired) electrons. The van der Waals surface area contributed by atoms with Gasteiger partial charge in [-0.3, -0.25) is 0 Å². The number of rotatable bonds is 4. The summed E-state index contributed by atoms with van der Waals surface area (Å²) in [7, 11) is 5.49. The minimum atomic E-state index is -1.04. The van der Waals surface area contributed by atoms with Crippen molar-refractivity contribution in [3.05, 3.63) is 11.9 Å². The molecule has 0 amide bonds. The molecular weight excluding hydrogens is 261 g/mol. The van der Waals surface area contributed by atoms with Crippen LogP contribution in [-0.4, -0.2) is 63.6 Å². The zero-order valence-electron chi connectivity index (χ0n) is 8.98. The molecule has 1 heterocycles. The first-order chi connectivity index (χ1) is 6.80. The molecule has 0 aliphatic heterocycles. The number of hydrogen-bond acceptors (Lipinski definition) is 3. The maximum atomic E-state index is 11.0. The fourth-order valence-corrected chi connectivity index (χ4v) is 1.71. The number of carboxylic acid groups (broad SMARTS) is 1. The van der Waals surface area contributed by atoms with Crippen molar-refractivity contribution in [2.75, 3.05) is 21.1 Å². The van der Waals surface area contributed by atoms with E-state index in [1.807, 2.05) is 21.1 Å². The summed E-state index contributed by atoms with van der Waals surface area (Å²) < 4.78 is 0.993. The fourth-order valence-electron chi connectivity index (χ4n) is 1.32. The average molecular weight is 275 g/mol. The van der Waals surface area contributed by atoms with Gasteiger partial charge in [0.25, 0.3) is 0 Å². The van der Waals surface area contributed by atoms with E-state index >= 15 is 0 Å². The van der Waals surface area contributed by atoms with Crippen LogP contribution in [0.1, 0.15) is 5.69 Å². The van der Waals surface area contributed by atoms with Crippen molar-refractivity contribution in [1.82, 2.24) is 9.97 Å². The number of aromatic nitrogens is 2. The standard InChI is InChI=1S/C9H14N3O2Se/c1-12(2,3)7(8(13)14)4-6-5-10-9(15)11-6/h5,7H,4H2,1-3H3,(H-,10,11,13,14). The van der Waals surface area contributed by atoms with E-state index in [1.165, 1.54) is 0 Å². The topological polar surface area (TPSA) is 68.8 Å². The summed E-state index contributed by atoms with van der Waals surface area (Å²) in [5, 5.41) is 11.0. The summed E-state index contributed by atoms with van der Waals surface area (Å²) in [6.45, 7) is 0. The Hall–Kier alpha value is -0.841. The average Bonchev–Trinajstić information content (AvgIpc) is 2.44. The molecular formula is C9H14N3O2Se. The number of carbonyl (C=O) groups is 1. The number of hydrogen-bond donors (Lipinski definition) is 1. The normalized spacial score (nSPS) is 13.8. The third-order valence-electron chi connectivity index (χ3n) is 2.23. The van der Waals surface area contributed by atoms with Crippen LogP contribution in [0.4, 0.5) is 0 Å². The van der Waals surface area contributed by atoms with Crippen LogP contribution in [0, 0.1) is 0 Å². The molecule has 0 spiro atoms. The maximum absolute atomic E-state index is 11.0. The van der Waals surface area contributed by atoms with Gasteiger partial charge in [-0.2, -0.15) is 0 Å². The molecule has 0 bridgehead atoms. The van der Waals surface area contributed by atoms with Gasteiger partial charge in [-0.05, 0) is 0 Å². The van der Waals surface area contributed by atoms with Crippen LogP contribution in [0.5, 0.6) is 0 Å². The van der Waals surface area contributed by atoms with Gasteiger partial charge in [-0.25, -0.2) is 0 Å². The van der Waals surface area contributed by atoms with E-state index in [4.69, 9.17) is 0 Å². The summed E-state index contributed by atoms with van der Waals surface area (Å²) in [6.07, 6.45) is 2.03. The molecule has 83 valence electrons. The Morgan fingerprint density at radius 3 is 2.60 bits per heavy atom. The summed E-state index contributed by atoms with van der Waals surface area (Å²) >= 11 is 2.73. The van der Waals surface area contributed by atoms with E-state index in [-0.39, 0.29) is 0 Å². The zero-order valence-corrected chi connectivity index (χ0v) is 10.7. The Morgan fingerprint density at radius 2 is 2.27 bits per heavy atom. The molecule has 6 heteroatoms. The van der Waals surface area contributed by atoms with Gasteiger partial charge < -0.3 is 0 Å². The number of nitrogens with one attached hydrogen (secondary N) is 1. The van der Waals surface area contributed by atoms with Crippen LogP contribution >= 0.6 is 0 Å². The minimum absolute atomic E-state index is 0.324. The summed E-state index contributed by atoms with van der Waals surface area (Å²) in [4.78, 5) is 17.9. The van der Waals surface area contributed by atoms with E-state index in [1.54, 1.807) is 6.20 Å². The van der Waals surface area contributed by atoms with Crippen molar-refractivity contribution < 1.29 is 14.4 Å². The third-order valence-corrected chi connectivity index (χ3v) is 2.66. The van der Waals surface area contributed by atoms with E-state index in [0.717, 1.165) is 5.69 Å². The molecule has 1 atom stereocenters. The van der Waals surface area contributed by atoms with Crippen LogP contribution < -0.4 is 9.83 Å². The Kier molecular flexibility index (Phi) is 3.54. The number of carboxylic acids is 1. The molecule has 0 aromatic carbocycles. The van der Waals surface area contributed by atoms with Crippen molar-refractivity contribution in [1.29, 1.82) is 0 Å². The predicted molar refractivity (Wildman–Crippen MR) is 54.5 cm³/mol. The molecule has 0 saturated heterocycles. The molecule has 0 saturated carbocycles. The number of aromatic amines is 1. The number of nitrogens with zero attached hydrogens (tertiary/aromatic N) is 2. The van der Waals surface area contributed by atoms with Crippen molar-refractivity contribution in [3.8, 4) is 0 Å². The van der Waals surface area contributed by atoms with Crippen molar-refractivity contribution >= 4 is 26.7 Å². The van der Waals surface area contributed by atoms with Crippen LogP contribution in [0.25, 0.3) is 0 Å². The second-order valence-electron chi connectivity index (χ2n) is 4.37. The molecule has 15 heavy (non-hydrogen) atoms. The predicted octanol–water partition coefficient (Wildman–Crippen LogP) is -2.43. The number of H-pyrrole nitrogens is 1. The van der Waals surface area contributed by atoms with Crippen molar-refractivity contribution in [2.24, 2.45) is 0 Å². The monoisotopic (exact) mass is 276 g/mol. The number of imidazole rings is 1. The first kappa shape index (κ1) is 12.2. The Labute approximate surface area is 96.9 Å². The van der Waals surface area contributed by atoms with Gasteiger partial charge in [0.2, 0.25) is 0 Å². The molecule has 1 N–H and O–H groups in total. The number of quaternary nitrogens is 1. The Morgan fingerprint density at radius 1 is 1.67 bits per heavy atom. The van der Waals surface area contributed by atoms with Gasteiger partial charge in [0, 0.05) is 0 Å². The number of aliphatic carboxylic acids is 1. The van der Waals surface area contributed by atoms with Gasteiger partial charge in [-0.15, -0.1) is 0 Å². The van der Waals surface area contributed by atoms with Crippen molar-refractivity contribution in [3.63, 3.8) is 0 Å². The summed E-state index contributed by atoms with van der Waals surface area (Å²) in [5.41, 5.74) is 0.797. The molecule has 5 nitrogen and oxygen atoms in total. The zero-order chi connectivity index (χ0) is 11.6. The van der Waals surface area contributed by atoms with Gasteiger partial charge in [0.05, 0.1) is 0 Å². The summed E-state index contributed by atoms with van der Waals surface area (Å²) in [5.74, 6) is -1.04. The fraction of sp³-hybridized carbons (Fsp3) is 0.556. The summed E-state index contributed by atoms with van der Waals surface area (Å²) in [6, 6.07) is -0.579. The third kappa shape index (κ3) is 3.34. The SMILES string of the molecule is C[N+](C)(C)C(Cc1cnc([Se])[nH]1)C(=O)[O-]. The van der Waals surface area contributed by atoms with Gasteiger partial charge in [0.1, 0.15) is 0 Å². The number of carbonyl (C=O) groups excluding carboxylic acids is 1. The first-order valence-electron chi connectivity index (χ1n) is 4.53. The molecule has 0 aliphatic carbocycles. The molecule has 0 fully saturated rings. The van der Waals surface area contributed by atoms with Crippen LogP contribution in [0.3, 0.4) is 0 Å². The van der Waals surface area contributed by atoms with Crippen LogP contribution in [0.2, 0.25) is 0 Å². The molecule has 0 aliphatic rings. The van der Waals surface area contributed by atoms with Crippen molar-refractivity contribution in [2.45, 2.75) is 12.5 Å². The van der Waals surface area contributed by atoms with E-state index in [0.29, 0.717) is 15.6 Å². The Balaban J connectivity index is 2.81. The molecule has 1 aromatic rings. The van der Waals surface area contributed by atoms with Gasteiger partial charge in [-0.1, -0.05) is 0 Å². The van der Waals surface area contributed by atoms with Crippen LogP contribution in [0.15, 0.2) is 6.20 Å². The Bertz CT molecular complexity index is 356.